The van der Waals surface area contributed by atoms with Gasteiger partial charge in [0.15, 0.2) is 5.16 Å². The Morgan fingerprint density at radius 2 is 1.23 bits per heavy atom. The van der Waals surface area contributed by atoms with Crippen LogP contribution in [0.2, 0.25) is 0 Å². The Bertz CT molecular complexity index is 585. The Morgan fingerprint density at radius 3 is 1.70 bits per heavy atom. The predicted molar refractivity (Wildman–Crippen MR) is 144 cm³/mol. The Hall–Kier alpha value is 0.0200. The van der Waals surface area contributed by atoms with Crippen molar-refractivity contribution in [2.75, 3.05) is 24.1 Å². The molecule has 0 spiro atoms. The number of hydrogen-bond donors (Lipinski definition) is 1. The molecule has 0 aliphatic rings. The molecule has 7 heteroatoms. The second-order valence-corrected chi connectivity index (χ2v) is 10.5. The van der Waals surface area contributed by atoms with Crippen molar-refractivity contribution in [2.24, 2.45) is 5.92 Å². The summed E-state index contributed by atoms with van der Waals surface area (Å²) in [6.45, 7) is 4.55. The van der Waals surface area contributed by atoms with Crippen molar-refractivity contribution in [3.63, 3.8) is 0 Å². The highest BCUT2D eigenvalue weighted by atomic mass is 32.2. The maximum atomic E-state index is 5.94. The summed E-state index contributed by atoms with van der Waals surface area (Å²) >= 11 is 10.9. The van der Waals surface area contributed by atoms with Gasteiger partial charge >= 0.3 is 0 Å². The molecule has 0 saturated carbocycles. The smallest absolute Gasteiger partial charge is 0.189 e. The highest BCUT2D eigenvalue weighted by Gasteiger charge is 2.19. The van der Waals surface area contributed by atoms with Gasteiger partial charge in [-0.15, -0.1) is 23.5 Å². The Labute approximate surface area is 203 Å². The summed E-state index contributed by atoms with van der Waals surface area (Å²) in [5.41, 5.74) is 0.999. The van der Waals surface area contributed by atoms with E-state index in [0.717, 1.165) is 25.9 Å². The Morgan fingerprint density at radius 1 is 0.767 bits per heavy atom. The standard InChI is InChI=1S/C23H41N3S4/c1-6-8-10-12-13-15-17-18(16-14-11-9-7-2)20(27)24-19-21(28-3)25-23(30-5)26-22(19)29-4/h18H,6-17H2,1-5H3,(H,24,27). The van der Waals surface area contributed by atoms with Gasteiger partial charge in [0.05, 0.1) is 4.99 Å². The lowest BCUT2D eigenvalue weighted by molar-refractivity contribution is 0.491. The van der Waals surface area contributed by atoms with E-state index in [4.69, 9.17) is 22.2 Å². The van der Waals surface area contributed by atoms with Crippen LogP contribution in [-0.4, -0.2) is 33.7 Å². The van der Waals surface area contributed by atoms with Crippen molar-refractivity contribution in [1.82, 2.24) is 9.97 Å². The van der Waals surface area contributed by atoms with Crippen LogP contribution in [0.1, 0.15) is 90.9 Å². The molecule has 1 rings (SSSR count). The molecule has 0 aliphatic heterocycles. The highest BCUT2D eigenvalue weighted by molar-refractivity contribution is 8.00. The molecule has 0 aromatic carbocycles. The second-order valence-electron chi connectivity index (χ2n) is 7.70. The van der Waals surface area contributed by atoms with Gasteiger partial charge in [-0.1, -0.05) is 102 Å². The van der Waals surface area contributed by atoms with Gasteiger partial charge in [0.25, 0.3) is 0 Å². The zero-order valence-corrected chi connectivity index (χ0v) is 22.9. The Balaban J connectivity index is 2.81. The minimum atomic E-state index is 0.452. The van der Waals surface area contributed by atoms with Gasteiger partial charge in [-0.3, -0.25) is 0 Å². The fraction of sp³-hybridized carbons (Fsp3) is 0.783. The number of thiocarbonyl (C=S) groups is 1. The van der Waals surface area contributed by atoms with E-state index in [1.807, 2.05) is 6.26 Å². The van der Waals surface area contributed by atoms with Crippen LogP contribution in [0.3, 0.4) is 0 Å². The van der Waals surface area contributed by atoms with Crippen molar-refractivity contribution in [1.29, 1.82) is 0 Å². The number of aromatic nitrogens is 2. The molecule has 1 heterocycles. The third kappa shape index (κ3) is 10.6. The van der Waals surface area contributed by atoms with Crippen LogP contribution in [0.25, 0.3) is 0 Å². The van der Waals surface area contributed by atoms with Crippen LogP contribution in [0.15, 0.2) is 15.2 Å². The summed E-state index contributed by atoms with van der Waals surface area (Å²) in [6.07, 6.45) is 21.7. The summed E-state index contributed by atoms with van der Waals surface area (Å²) in [7, 11) is 0. The minimum Gasteiger partial charge on any atom is -0.345 e. The SMILES string of the molecule is CCCCCCCCC(CCCCCC)C(=S)Nc1c(SC)nc(SC)nc1SC. The summed E-state index contributed by atoms with van der Waals surface area (Å²) < 4.78 is 0. The number of nitrogens with zero attached hydrogens (tertiary/aromatic N) is 2. The molecule has 30 heavy (non-hydrogen) atoms. The average molecular weight is 488 g/mol. The summed E-state index contributed by atoms with van der Waals surface area (Å²) in [4.78, 5) is 10.4. The molecule has 0 saturated heterocycles. The van der Waals surface area contributed by atoms with Gasteiger partial charge in [-0.25, -0.2) is 9.97 Å². The quantitative estimate of drug-likeness (QED) is 0.0774. The molecule has 0 amide bonds. The molecule has 0 radical (unpaired) electrons. The van der Waals surface area contributed by atoms with E-state index in [2.05, 4.69) is 31.7 Å². The summed E-state index contributed by atoms with van der Waals surface area (Å²) in [6, 6.07) is 0. The minimum absolute atomic E-state index is 0.452. The molecular formula is C23H41N3S4. The second kappa shape index (κ2) is 17.6. The molecule has 0 aliphatic carbocycles. The zero-order chi connectivity index (χ0) is 22.2. The van der Waals surface area contributed by atoms with Gasteiger partial charge in [0.2, 0.25) is 0 Å². The molecule has 1 unspecified atom stereocenters. The number of rotatable bonds is 17. The van der Waals surface area contributed by atoms with Crippen LogP contribution >= 0.6 is 47.5 Å². The van der Waals surface area contributed by atoms with Crippen LogP contribution in [0, 0.1) is 5.92 Å². The normalized spacial score (nSPS) is 12.2. The van der Waals surface area contributed by atoms with E-state index >= 15 is 0 Å². The topological polar surface area (TPSA) is 37.8 Å². The number of hydrogen-bond acceptors (Lipinski definition) is 6. The fourth-order valence-corrected chi connectivity index (χ4v) is 5.46. The molecule has 0 fully saturated rings. The van der Waals surface area contributed by atoms with Gasteiger partial charge in [-0.05, 0) is 31.6 Å². The van der Waals surface area contributed by atoms with Crippen LogP contribution in [0.5, 0.6) is 0 Å². The van der Waals surface area contributed by atoms with E-state index in [0.29, 0.717) is 5.92 Å². The van der Waals surface area contributed by atoms with E-state index in [-0.39, 0.29) is 0 Å². The fourth-order valence-electron chi connectivity index (χ4n) is 3.52. The number of unbranched alkanes of at least 4 members (excludes halogenated alkanes) is 8. The number of thioether (sulfide) groups is 3. The monoisotopic (exact) mass is 487 g/mol. The van der Waals surface area contributed by atoms with Crippen molar-refractivity contribution in [2.45, 2.75) is 106 Å². The maximum absolute atomic E-state index is 5.94. The van der Waals surface area contributed by atoms with E-state index in [9.17, 15) is 0 Å². The lowest BCUT2D eigenvalue weighted by Gasteiger charge is -2.21. The van der Waals surface area contributed by atoms with Crippen molar-refractivity contribution >= 4 is 58.2 Å². The van der Waals surface area contributed by atoms with Gasteiger partial charge in [0.1, 0.15) is 15.7 Å². The largest absolute Gasteiger partial charge is 0.345 e. The van der Waals surface area contributed by atoms with E-state index < -0.39 is 0 Å². The highest BCUT2D eigenvalue weighted by Crippen LogP contribution is 2.34. The molecule has 0 bridgehead atoms. The number of nitrogens with one attached hydrogen (secondary N) is 1. The Kier molecular flexibility index (Phi) is 16.4. The summed E-state index contributed by atoms with van der Waals surface area (Å²) in [5.74, 6) is 0.452. The van der Waals surface area contributed by atoms with Crippen molar-refractivity contribution in [3.8, 4) is 0 Å². The first-order valence-electron chi connectivity index (χ1n) is 11.5. The molecule has 1 atom stereocenters. The first kappa shape index (κ1) is 28.1. The summed E-state index contributed by atoms with van der Waals surface area (Å²) in [5, 5.41) is 6.39. The van der Waals surface area contributed by atoms with Gasteiger partial charge in [-0.2, -0.15) is 0 Å². The van der Waals surface area contributed by atoms with Gasteiger partial charge < -0.3 is 5.32 Å². The molecule has 1 aromatic heterocycles. The zero-order valence-electron chi connectivity index (χ0n) is 19.6. The van der Waals surface area contributed by atoms with Crippen molar-refractivity contribution < 1.29 is 0 Å². The van der Waals surface area contributed by atoms with Crippen LogP contribution in [-0.2, 0) is 0 Å². The van der Waals surface area contributed by atoms with Crippen LogP contribution in [0.4, 0.5) is 5.69 Å². The molecular weight excluding hydrogens is 447 g/mol. The molecule has 1 N–H and O–H groups in total. The van der Waals surface area contributed by atoms with Crippen molar-refractivity contribution in [3.05, 3.63) is 0 Å². The third-order valence-corrected chi connectivity index (χ3v) is 7.67. The third-order valence-electron chi connectivity index (χ3n) is 5.32. The molecule has 3 nitrogen and oxygen atoms in total. The van der Waals surface area contributed by atoms with E-state index in [1.165, 1.54) is 77.0 Å². The maximum Gasteiger partial charge on any atom is 0.189 e. The lowest BCUT2D eigenvalue weighted by atomic mass is 9.94. The van der Waals surface area contributed by atoms with Crippen LogP contribution < -0.4 is 5.32 Å². The molecule has 172 valence electrons. The van der Waals surface area contributed by atoms with E-state index in [1.54, 1.807) is 35.3 Å². The lowest BCUT2D eigenvalue weighted by Crippen LogP contribution is -2.22. The average Bonchev–Trinajstić information content (AvgIpc) is 2.77. The first-order valence-corrected chi connectivity index (χ1v) is 15.5. The predicted octanol–water partition coefficient (Wildman–Crippen LogP) is 8.72. The number of anilines is 1. The van der Waals surface area contributed by atoms with Gasteiger partial charge in [0, 0.05) is 5.92 Å². The first-order chi connectivity index (χ1) is 14.6. The molecule has 1 aromatic rings.